The summed E-state index contributed by atoms with van der Waals surface area (Å²) >= 11 is 5.79. The van der Waals surface area contributed by atoms with Crippen LogP contribution >= 0.6 is 11.6 Å². The summed E-state index contributed by atoms with van der Waals surface area (Å²) in [6.45, 7) is 4.08. The van der Waals surface area contributed by atoms with Crippen molar-refractivity contribution in [3.8, 4) is 0 Å². The minimum atomic E-state index is -1.08. The van der Waals surface area contributed by atoms with E-state index in [1.54, 1.807) is 12.1 Å². The van der Waals surface area contributed by atoms with Crippen LogP contribution in [-0.2, 0) is 0 Å². The quantitative estimate of drug-likeness (QED) is 0.882. The fourth-order valence-electron chi connectivity index (χ4n) is 2.00. The van der Waals surface area contributed by atoms with Gasteiger partial charge in [0.1, 0.15) is 5.82 Å². The highest BCUT2D eigenvalue weighted by Crippen LogP contribution is 2.24. The lowest BCUT2D eigenvalue weighted by Gasteiger charge is -2.31. The maximum absolute atomic E-state index is 10.9. The minimum Gasteiger partial charge on any atom is -0.476 e. The molecule has 1 N–H and O–H groups in total. The number of pyridine rings is 1. The van der Waals surface area contributed by atoms with Crippen molar-refractivity contribution in [3.63, 3.8) is 0 Å². The van der Waals surface area contributed by atoms with Gasteiger partial charge in [-0.1, -0.05) is 18.5 Å². The van der Waals surface area contributed by atoms with Crippen LogP contribution in [0.1, 0.15) is 30.3 Å². The van der Waals surface area contributed by atoms with Crippen molar-refractivity contribution in [2.45, 2.75) is 19.8 Å². The second-order valence-corrected chi connectivity index (χ2v) is 4.88. The summed E-state index contributed by atoms with van der Waals surface area (Å²) in [6, 6.07) is 3.39. The van der Waals surface area contributed by atoms with E-state index < -0.39 is 5.97 Å². The van der Waals surface area contributed by atoms with Crippen LogP contribution in [0.2, 0.25) is 5.02 Å². The first-order valence-electron chi connectivity index (χ1n) is 5.72. The number of carboxylic acid groups (broad SMARTS) is 1. The van der Waals surface area contributed by atoms with E-state index in [0.29, 0.717) is 5.82 Å². The van der Waals surface area contributed by atoms with Crippen molar-refractivity contribution in [2.24, 2.45) is 5.92 Å². The Morgan fingerprint density at radius 1 is 1.47 bits per heavy atom. The molecule has 1 fully saturated rings. The average Bonchev–Trinajstić information content (AvgIpc) is 2.30. The third-order valence-electron chi connectivity index (χ3n) is 3.14. The highest BCUT2D eigenvalue weighted by atomic mass is 35.5. The first kappa shape index (κ1) is 12.2. The van der Waals surface area contributed by atoms with Crippen LogP contribution in [0.25, 0.3) is 0 Å². The maximum atomic E-state index is 10.9. The van der Waals surface area contributed by atoms with Crippen LogP contribution in [-0.4, -0.2) is 29.1 Å². The van der Waals surface area contributed by atoms with Crippen molar-refractivity contribution in [2.75, 3.05) is 18.0 Å². The zero-order valence-corrected chi connectivity index (χ0v) is 10.4. The Labute approximate surface area is 105 Å². The molecule has 0 amide bonds. The molecule has 0 radical (unpaired) electrons. The number of carbonyl (C=O) groups is 1. The van der Waals surface area contributed by atoms with E-state index in [4.69, 9.17) is 16.7 Å². The van der Waals surface area contributed by atoms with Crippen molar-refractivity contribution in [1.82, 2.24) is 4.98 Å². The summed E-state index contributed by atoms with van der Waals surface area (Å²) in [5, 5.41) is 9.15. The van der Waals surface area contributed by atoms with Crippen LogP contribution in [0, 0.1) is 5.92 Å². The van der Waals surface area contributed by atoms with Crippen molar-refractivity contribution in [3.05, 3.63) is 22.8 Å². The predicted octanol–water partition coefficient (Wildman–Crippen LogP) is 2.67. The number of halogens is 1. The SMILES string of the molecule is CC1CCN(c2ccc(Cl)c(C(=O)O)n2)CC1. The van der Waals surface area contributed by atoms with Crippen LogP contribution in [0.15, 0.2) is 12.1 Å². The summed E-state index contributed by atoms with van der Waals surface area (Å²) in [5.74, 6) is 0.360. The van der Waals surface area contributed by atoms with Gasteiger partial charge in [-0.25, -0.2) is 9.78 Å². The summed E-state index contributed by atoms with van der Waals surface area (Å²) in [6.07, 6.45) is 2.24. The smallest absolute Gasteiger partial charge is 0.356 e. The number of aromatic carboxylic acids is 1. The molecule has 0 aromatic carbocycles. The Bertz CT molecular complexity index is 429. The molecule has 1 saturated heterocycles. The number of anilines is 1. The Kier molecular flexibility index (Phi) is 3.52. The molecule has 0 unspecified atom stereocenters. The van der Waals surface area contributed by atoms with Crippen LogP contribution in [0.3, 0.4) is 0 Å². The molecule has 92 valence electrons. The van der Waals surface area contributed by atoms with Gasteiger partial charge < -0.3 is 10.0 Å². The summed E-state index contributed by atoms with van der Waals surface area (Å²) in [4.78, 5) is 17.2. The van der Waals surface area contributed by atoms with Gasteiger partial charge in [0.2, 0.25) is 0 Å². The normalized spacial score (nSPS) is 17.2. The van der Waals surface area contributed by atoms with E-state index in [1.807, 2.05) is 0 Å². The minimum absolute atomic E-state index is 0.0669. The Balaban J connectivity index is 2.21. The van der Waals surface area contributed by atoms with Gasteiger partial charge in [0, 0.05) is 13.1 Å². The standard InChI is InChI=1S/C12H15ClN2O2/c1-8-4-6-15(7-5-8)10-3-2-9(13)11(14-10)12(16)17/h2-3,8H,4-7H2,1H3,(H,16,17). The largest absolute Gasteiger partial charge is 0.476 e. The van der Waals surface area contributed by atoms with Gasteiger partial charge in [0.15, 0.2) is 5.69 Å². The topological polar surface area (TPSA) is 53.4 Å². The molecular formula is C12H15ClN2O2. The number of nitrogens with zero attached hydrogens (tertiary/aromatic N) is 2. The fraction of sp³-hybridized carbons (Fsp3) is 0.500. The first-order chi connectivity index (χ1) is 8.08. The number of hydrogen-bond donors (Lipinski definition) is 1. The Morgan fingerprint density at radius 3 is 2.71 bits per heavy atom. The Hall–Kier alpha value is -1.29. The van der Waals surface area contributed by atoms with Gasteiger partial charge in [-0.05, 0) is 30.9 Å². The van der Waals surface area contributed by atoms with E-state index in [0.717, 1.165) is 31.8 Å². The molecular weight excluding hydrogens is 240 g/mol. The lowest BCUT2D eigenvalue weighted by Crippen LogP contribution is -2.33. The van der Waals surface area contributed by atoms with E-state index in [2.05, 4.69) is 16.8 Å². The molecule has 0 bridgehead atoms. The van der Waals surface area contributed by atoms with Crippen LogP contribution in [0.5, 0.6) is 0 Å². The van der Waals surface area contributed by atoms with Gasteiger partial charge >= 0.3 is 5.97 Å². The number of carboxylic acids is 1. The molecule has 0 aliphatic carbocycles. The predicted molar refractivity (Wildman–Crippen MR) is 66.8 cm³/mol. The fourth-order valence-corrected chi connectivity index (χ4v) is 2.18. The summed E-state index contributed by atoms with van der Waals surface area (Å²) in [7, 11) is 0. The van der Waals surface area contributed by atoms with Crippen molar-refractivity contribution >= 4 is 23.4 Å². The molecule has 4 nitrogen and oxygen atoms in total. The molecule has 2 heterocycles. The molecule has 0 saturated carbocycles. The van der Waals surface area contributed by atoms with E-state index in [-0.39, 0.29) is 10.7 Å². The number of piperidine rings is 1. The maximum Gasteiger partial charge on any atom is 0.356 e. The number of rotatable bonds is 2. The molecule has 1 aliphatic heterocycles. The van der Waals surface area contributed by atoms with Crippen LogP contribution < -0.4 is 4.90 Å². The third-order valence-corrected chi connectivity index (χ3v) is 3.45. The highest BCUT2D eigenvalue weighted by Gasteiger charge is 2.19. The lowest BCUT2D eigenvalue weighted by atomic mass is 9.99. The summed E-state index contributed by atoms with van der Waals surface area (Å²) in [5.41, 5.74) is -0.0669. The Morgan fingerprint density at radius 2 is 2.12 bits per heavy atom. The second kappa shape index (κ2) is 4.92. The number of aromatic nitrogens is 1. The molecule has 1 aromatic rings. The van der Waals surface area contributed by atoms with E-state index in [1.165, 1.54) is 0 Å². The molecule has 17 heavy (non-hydrogen) atoms. The molecule has 1 aliphatic rings. The van der Waals surface area contributed by atoms with Gasteiger partial charge in [-0.15, -0.1) is 0 Å². The molecule has 1 aromatic heterocycles. The molecule has 0 atom stereocenters. The van der Waals surface area contributed by atoms with Gasteiger partial charge in [-0.3, -0.25) is 0 Å². The zero-order valence-electron chi connectivity index (χ0n) is 9.69. The molecule has 5 heteroatoms. The van der Waals surface area contributed by atoms with Crippen molar-refractivity contribution in [1.29, 1.82) is 0 Å². The van der Waals surface area contributed by atoms with Crippen LogP contribution in [0.4, 0.5) is 5.82 Å². The van der Waals surface area contributed by atoms with Gasteiger partial charge in [0.05, 0.1) is 5.02 Å². The average molecular weight is 255 g/mol. The summed E-state index contributed by atoms with van der Waals surface area (Å²) < 4.78 is 0. The van der Waals surface area contributed by atoms with Crippen molar-refractivity contribution < 1.29 is 9.90 Å². The second-order valence-electron chi connectivity index (χ2n) is 4.47. The third kappa shape index (κ3) is 2.69. The highest BCUT2D eigenvalue weighted by molar-refractivity contribution is 6.33. The monoisotopic (exact) mass is 254 g/mol. The van der Waals surface area contributed by atoms with E-state index in [9.17, 15) is 4.79 Å². The molecule has 2 rings (SSSR count). The van der Waals surface area contributed by atoms with Gasteiger partial charge in [0.25, 0.3) is 0 Å². The number of hydrogen-bond acceptors (Lipinski definition) is 3. The van der Waals surface area contributed by atoms with Gasteiger partial charge in [-0.2, -0.15) is 0 Å². The lowest BCUT2D eigenvalue weighted by molar-refractivity contribution is 0.0691. The first-order valence-corrected chi connectivity index (χ1v) is 6.10. The van der Waals surface area contributed by atoms with E-state index >= 15 is 0 Å². The molecule has 0 spiro atoms. The zero-order chi connectivity index (χ0) is 12.4.